The molecule has 0 heterocycles. The minimum Gasteiger partial charge on any atom is -0.497 e. The summed E-state index contributed by atoms with van der Waals surface area (Å²) in [5.74, 6) is -0.574. The maximum Gasteiger partial charge on any atom is 0.341 e. The van der Waals surface area contributed by atoms with Gasteiger partial charge in [-0.05, 0) is 48.0 Å². The molecular weight excluding hydrogens is 336 g/mol. The first kappa shape index (κ1) is 18.5. The number of anilines is 1. The minimum atomic E-state index is -1.07. The number of carboxylic acids is 1. The number of nitrogens with zero attached hydrogens (tertiary/aromatic N) is 1. The van der Waals surface area contributed by atoms with E-state index < -0.39 is 18.5 Å². The molecule has 0 unspecified atom stereocenters. The van der Waals surface area contributed by atoms with Crippen molar-refractivity contribution in [3.63, 3.8) is 0 Å². The quantitative estimate of drug-likeness (QED) is 0.586. The standard InChI is InChI=1S/C19H16N2O5/c1-25-16-8-4-15(5-9-16)21-19(24)14(11-20)10-13-2-6-17(7-3-13)26-12-18(22)23/h2-10H,12H2,1H3,(H,21,24)(H,22,23)/b14-10-. The van der Waals surface area contributed by atoms with Crippen molar-refractivity contribution in [2.75, 3.05) is 19.0 Å². The van der Waals surface area contributed by atoms with Gasteiger partial charge in [0.1, 0.15) is 23.1 Å². The van der Waals surface area contributed by atoms with Crippen LogP contribution in [0.4, 0.5) is 5.69 Å². The van der Waals surface area contributed by atoms with Crippen LogP contribution in [0.25, 0.3) is 6.08 Å². The van der Waals surface area contributed by atoms with Crippen molar-refractivity contribution in [1.29, 1.82) is 5.26 Å². The van der Waals surface area contributed by atoms with E-state index in [0.717, 1.165) is 0 Å². The molecule has 7 heteroatoms. The van der Waals surface area contributed by atoms with Crippen molar-refractivity contribution in [3.05, 3.63) is 59.7 Å². The highest BCUT2D eigenvalue weighted by Crippen LogP contribution is 2.17. The Morgan fingerprint density at radius 1 is 1.12 bits per heavy atom. The van der Waals surface area contributed by atoms with Gasteiger partial charge in [0.2, 0.25) is 0 Å². The summed E-state index contributed by atoms with van der Waals surface area (Å²) in [6.07, 6.45) is 1.43. The molecule has 0 saturated heterocycles. The van der Waals surface area contributed by atoms with Gasteiger partial charge in [-0.3, -0.25) is 4.79 Å². The maximum absolute atomic E-state index is 12.2. The van der Waals surface area contributed by atoms with Crippen molar-refractivity contribution in [2.24, 2.45) is 0 Å². The molecule has 26 heavy (non-hydrogen) atoms. The number of ether oxygens (including phenoxy) is 2. The van der Waals surface area contributed by atoms with E-state index in [4.69, 9.17) is 14.6 Å². The lowest BCUT2D eigenvalue weighted by molar-refractivity contribution is -0.139. The fourth-order valence-corrected chi connectivity index (χ4v) is 1.99. The van der Waals surface area contributed by atoms with Gasteiger partial charge < -0.3 is 19.9 Å². The summed E-state index contributed by atoms with van der Waals surface area (Å²) >= 11 is 0. The summed E-state index contributed by atoms with van der Waals surface area (Å²) in [5, 5.41) is 20.4. The highest BCUT2D eigenvalue weighted by molar-refractivity contribution is 6.09. The van der Waals surface area contributed by atoms with Crippen LogP contribution in [0.1, 0.15) is 5.56 Å². The Kier molecular flexibility index (Phi) is 6.34. The average molecular weight is 352 g/mol. The molecule has 0 radical (unpaired) electrons. The van der Waals surface area contributed by atoms with Gasteiger partial charge in [0.15, 0.2) is 6.61 Å². The first-order valence-electron chi connectivity index (χ1n) is 7.53. The lowest BCUT2D eigenvalue weighted by Gasteiger charge is -2.06. The zero-order chi connectivity index (χ0) is 18.9. The predicted octanol–water partition coefficient (Wildman–Crippen LogP) is 2.70. The number of hydrogen-bond donors (Lipinski definition) is 2. The lowest BCUT2D eigenvalue weighted by Crippen LogP contribution is -2.13. The normalized spacial score (nSPS) is 10.5. The Morgan fingerprint density at radius 3 is 2.27 bits per heavy atom. The van der Waals surface area contributed by atoms with Crippen molar-refractivity contribution in [2.45, 2.75) is 0 Å². The Labute approximate surface area is 150 Å². The third-order valence-electron chi connectivity index (χ3n) is 3.27. The summed E-state index contributed by atoms with van der Waals surface area (Å²) in [6, 6.07) is 15.0. The second kappa shape index (κ2) is 8.89. The molecule has 0 bridgehead atoms. The number of amides is 1. The lowest BCUT2D eigenvalue weighted by atomic mass is 10.1. The SMILES string of the molecule is COc1ccc(NC(=O)/C(C#N)=C\c2ccc(OCC(=O)O)cc2)cc1. The Hall–Kier alpha value is -3.79. The van der Waals surface area contributed by atoms with E-state index in [1.165, 1.54) is 6.08 Å². The van der Waals surface area contributed by atoms with Gasteiger partial charge in [-0.1, -0.05) is 12.1 Å². The minimum absolute atomic E-state index is 0.0694. The van der Waals surface area contributed by atoms with Crippen molar-refractivity contribution in [3.8, 4) is 17.6 Å². The zero-order valence-electron chi connectivity index (χ0n) is 13.9. The molecule has 2 aromatic rings. The Bertz CT molecular complexity index is 849. The van der Waals surface area contributed by atoms with Crippen LogP contribution in [-0.4, -0.2) is 30.7 Å². The Morgan fingerprint density at radius 2 is 1.73 bits per heavy atom. The van der Waals surface area contributed by atoms with Crippen molar-refractivity contribution < 1.29 is 24.2 Å². The third kappa shape index (κ3) is 5.39. The molecule has 2 N–H and O–H groups in total. The van der Waals surface area contributed by atoms with Gasteiger partial charge in [-0.25, -0.2) is 4.79 Å². The van der Waals surface area contributed by atoms with E-state index in [-0.39, 0.29) is 5.57 Å². The molecule has 0 aliphatic carbocycles. The van der Waals surface area contributed by atoms with Gasteiger partial charge in [0.05, 0.1) is 7.11 Å². The van der Waals surface area contributed by atoms with Crippen LogP contribution in [0, 0.1) is 11.3 Å². The largest absolute Gasteiger partial charge is 0.497 e. The number of carbonyl (C=O) groups is 2. The maximum atomic E-state index is 12.2. The van der Waals surface area contributed by atoms with Gasteiger partial charge in [-0.2, -0.15) is 5.26 Å². The van der Waals surface area contributed by atoms with E-state index in [1.807, 2.05) is 6.07 Å². The molecule has 0 aromatic heterocycles. The first-order chi connectivity index (χ1) is 12.5. The van der Waals surface area contributed by atoms with E-state index in [2.05, 4.69) is 5.32 Å². The fourth-order valence-electron chi connectivity index (χ4n) is 1.99. The van der Waals surface area contributed by atoms with Crippen LogP contribution in [0.15, 0.2) is 54.1 Å². The number of methoxy groups -OCH3 is 1. The third-order valence-corrected chi connectivity index (χ3v) is 3.27. The van der Waals surface area contributed by atoms with Gasteiger partial charge in [0.25, 0.3) is 5.91 Å². The van der Waals surface area contributed by atoms with E-state index in [9.17, 15) is 14.9 Å². The van der Waals surface area contributed by atoms with Crippen LogP contribution in [0.2, 0.25) is 0 Å². The van der Waals surface area contributed by atoms with E-state index >= 15 is 0 Å². The highest BCUT2D eigenvalue weighted by atomic mass is 16.5. The summed E-state index contributed by atoms with van der Waals surface area (Å²) < 4.78 is 10.1. The van der Waals surface area contributed by atoms with Crippen LogP contribution < -0.4 is 14.8 Å². The molecular formula is C19H16N2O5. The molecule has 0 fully saturated rings. The molecule has 0 atom stereocenters. The number of carbonyl (C=O) groups excluding carboxylic acids is 1. The molecule has 0 aliphatic rings. The van der Waals surface area contributed by atoms with Gasteiger partial charge in [0, 0.05) is 5.69 Å². The molecule has 7 nitrogen and oxygen atoms in total. The monoisotopic (exact) mass is 352 g/mol. The van der Waals surface area contributed by atoms with E-state index in [0.29, 0.717) is 22.7 Å². The number of carboxylic acid groups (broad SMARTS) is 1. The molecule has 2 aromatic carbocycles. The van der Waals surface area contributed by atoms with E-state index in [1.54, 1.807) is 55.6 Å². The fraction of sp³-hybridized carbons (Fsp3) is 0.105. The molecule has 0 spiro atoms. The number of aliphatic carboxylic acids is 1. The zero-order valence-corrected chi connectivity index (χ0v) is 13.9. The summed E-state index contributed by atoms with van der Waals surface area (Å²) in [6.45, 7) is -0.442. The van der Waals surface area contributed by atoms with Gasteiger partial charge >= 0.3 is 5.97 Å². The van der Waals surface area contributed by atoms with Gasteiger partial charge in [-0.15, -0.1) is 0 Å². The van der Waals surface area contributed by atoms with Crippen LogP contribution >= 0.6 is 0 Å². The van der Waals surface area contributed by atoms with Crippen LogP contribution in [0.5, 0.6) is 11.5 Å². The number of nitrogens with one attached hydrogen (secondary N) is 1. The van der Waals surface area contributed by atoms with Crippen molar-refractivity contribution >= 4 is 23.6 Å². The molecule has 0 aliphatic heterocycles. The topological polar surface area (TPSA) is 109 Å². The first-order valence-corrected chi connectivity index (χ1v) is 7.53. The number of nitriles is 1. The summed E-state index contributed by atoms with van der Waals surface area (Å²) in [5.41, 5.74) is 1.07. The second-order valence-electron chi connectivity index (χ2n) is 5.10. The molecule has 2 rings (SSSR count). The predicted molar refractivity (Wildman–Crippen MR) is 94.8 cm³/mol. The van der Waals surface area contributed by atoms with Crippen molar-refractivity contribution in [1.82, 2.24) is 0 Å². The summed E-state index contributed by atoms with van der Waals surface area (Å²) in [7, 11) is 1.54. The van der Waals surface area contributed by atoms with Crippen LogP contribution in [-0.2, 0) is 9.59 Å². The summed E-state index contributed by atoms with van der Waals surface area (Å²) in [4.78, 5) is 22.7. The molecule has 1 amide bonds. The number of benzene rings is 2. The second-order valence-corrected chi connectivity index (χ2v) is 5.10. The van der Waals surface area contributed by atoms with Crippen LogP contribution in [0.3, 0.4) is 0 Å². The average Bonchev–Trinajstić information content (AvgIpc) is 2.65. The highest BCUT2D eigenvalue weighted by Gasteiger charge is 2.10. The molecule has 0 saturated carbocycles. The smallest absolute Gasteiger partial charge is 0.341 e. The Balaban J connectivity index is 2.07. The molecule has 132 valence electrons. The number of hydrogen-bond acceptors (Lipinski definition) is 5. The number of rotatable bonds is 7.